The summed E-state index contributed by atoms with van der Waals surface area (Å²) < 4.78 is 4.99. The molecule has 2 aromatic rings. The van der Waals surface area contributed by atoms with Gasteiger partial charge < -0.3 is 15.2 Å². The third-order valence-corrected chi connectivity index (χ3v) is 3.06. The number of nitrogens with one attached hydrogen (secondary N) is 1. The van der Waals surface area contributed by atoms with Crippen LogP contribution in [-0.4, -0.2) is 18.1 Å². The van der Waals surface area contributed by atoms with Gasteiger partial charge in [0.15, 0.2) is 11.5 Å². The van der Waals surface area contributed by atoms with E-state index in [-0.39, 0.29) is 23.0 Å². The van der Waals surface area contributed by atoms with Gasteiger partial charge in [-0.25, -0.2) is 0 Å². The molecule has 4 heteroatoms. The van der Waals surface area contributed by atoms with Crippen molar-refractivity contribution in [3.63, 3.8) is 0 Å². The fraction of sp³-hybridized carbons (Fsp3) is 0.188. The number of aryl methyl sites for hydroxylation is 1. The first-order chi connectivity index (χ1) is 9.65. The second-order valence-electron chi connectivity index (χ2n) is 4.36. The Morgan fingerprint density at radius 1 is 1.25 bits per heavy atom. The van der Waals surface area contributed by atoms with Gasteiger partial charge in [-0.05, 0) is 36.2 Å². The summed E-state index contributed by atoms with van der Waals surface area (Å²) in [5.74, 6) is -0.242. The van der Waals surface area contributed by atoms with Gasteiger partial charge in [-0.3, -0.25) is 4.79 Å². The predicted octanol–water partition coefficient (Wildman–Crippen LogP) is 3.22. The first-order valence-electron chi connectivity index (χ1n) is 6.42. The molecule has 0 aliphatic heterocycles. The van der Waals surface area contributed by atoms with Crippen molar-refractivity contribution in [3.8, 4) is 11.5 Å². The van der Waals surface area contributed by atoms with Crippen LogP contribution in [0.5, 0.6) is 11.5 Å². The number of carbonyl (C=O) groups excluding carboxylic acids is 1. The first kappa shape index (κ1) is 13.9. The lowest BCUT2D eigenvalue weighted by Crippen LogP contribution is -2.12. The van der Waals surface area contributed by atoms with E-state index in [0.717, 1.165) is 12.0 Å². The molecule has 0 fully saturated rings. The fourth-order valence-electron chi connectivity index (χ4n) is 1.94. The SMILES string of the molecule is CCc1cccc(NC(=O)c2cccc(OC)c2O)c1. The highest BCUT2D eigenvalue weighted by Crippen LogP contribution is 2.29. The number of methoxy groups -OCH3 is 1. The maximum atomic E-state index is 12.2. The Kier molecular flexibility index (Phi) is 4.25. The lowest BCUT2D eigenvalue weighted by atomic mass is 10.1. The van der Waals surface area contributed by atoms with E-state index in [0.29, 0.717) is 5.69 Å². The molecule has 0 aromatic heterocycles. The third kappa shape index (κ3) is 2.91. The summed E-state index contributed by atoms with van der Waals surface area (Å²) in [6, 6.07) is 12.4. The van der Waals surface area contributed by atoms with Crippen LogP contribution in [0.3, 0.4) is 0 Å². The zero-order valence-corrected chi connectivity index (χ0v) is 11.5. The maximum Gasteiger partial charge on any atom is 0.259 e. The molecule has 0 bridgehead atoms. The van der Waals surface area contributed by atoms with E-state index in [1.54, 1.807) is 18.2 Å². The molecular weight excluding hydrogens is 254 g/mol. The van der Waals surface area contributed by atoms with Crippen LogP contribution in [0, 0.1) is 0 Å². The van der Waals surface area contributed by atoms with Crippen LogP contribution in [0.15, 0.2) is 42.5 Å². The number of rotatable bonds is 4. The number of hydrogen-bond acceptors (Lipinski definition) is 3. The van der Waals surface area contributed by atoms with Crippen molar-refractivity contribution in [2.24, 2.45) is 0 Å². The summed E-state index contributed by atoms with van der Waals surface area (Å²) >= 11 is 0. The molecule has 2 rings (SSSR count). The Bertz CT molecular complexity index is 623. The number of amides is 1. The number of carbonyl (C=O) groups is 1. The predicted molar refractivity (Wildman–Crippen MR) is 78.4 cm³/mol. The standard InChI is InChI=1S/C16H17NO3/c1-3-11-6-4-7-12(10-11)17-16(19)13-8-5-9-14(20-2)15(13)18/h4-10,18H,3H2,1-2H3,(H,17,19). The fourth-order valence-corrected chi connectivity index (χ4v) is 1.94. The van der Waals surface area contributed by atoms with Crippen molar-refractivity contribution in [2.75, 3.05) is 12.4 Å². The van der Waals surface area contributed by atoms with Crippen LogP contribution < -0.4 is 10.1 Å². The van der Waals surface area contributed by atoms with Crippen molar-refractivity contribution in [2.45, 2.75) is 13.3 Å². The zero-order chi connectivity index (χ0) is 14.5. The molecule has 0 saturated carbocycles. The monoisotopic (exact) mass is 271 g/mol. The summed E-state index contributed by atoms with van der Waals surface area (Å²) in [4.78, 5) is 12.2. The van der Waals surface area contributed by atoms with Gasteiger partial charge in [0.25, 0.3) is 5.91 Å². The molecule has 0 aliphatic carbocycles. The average Bonchev–Trinajstić information content (AvgIpc) is 2.47. The number of phenols is 1. The number of phenolic OH excluding ortho intramolecular Hbond substituents is 1. The number of para-hydroxylation sites is 1. The smallest absolute Gasteiger partial charge is 0.259 e. The first-order valence-corrected chi connectivity index (χ1v) is 6.42. The van der Waals surface area contributed by atoms with E-state index in [2.05, 4.69) is 12.2 Å². The lowest BCUT2D eigenvalue weighted by molar-refractivity contribution is 0.102. The van der Waals surface area contributed by atoms with Crippen LogP contribution in [0.4, 0.5) is 5.69 Å². The van der Waals surface area contributed by atoms with E-state index in [1.165, 1.54) is 7.11 Å². The second kappa shape index (κ2) is 6.10. The van der Waals surface area contributed by atoms with Crippen molar-refractivity contribution >= 4 is 11.6 Å². The molecule has 0 saturated heterocycles. The summed E-state index contributed by atoms with van der Waals surface area (Å²) in [5, 5.41) is 12.7. The zero-order valence-electron chi connectivity index (χ0n) is 11.5. The minimum Gasteiger partial charge on any atom is -0.504 e. The molecule has 0 unspecified atom stereocenters. The Hall–Kier alpha value is -2.49. The highest BCUT2D eigenvalue weighted by atomic mass is 16.5. The van der Waals surface area contributed by atoms with Crippen molar-refractivity contribution in [3.05, 3.63) is 53.6 Å². The van der Waals surface area contributed by atoms with Crippen LogP contribution >= 0.6 is 0 Å². The van der Waals surface area contributed by atoms with E-state index in [1.807, 2.05) is 24.3 Å². The van der Waals surface area contributed by atoms with Crippen molar-refractivity contribution < 1.29 is 14.6 Å². The molecule has 0 radical (unpaired) electrons. The van der Waals surface area contributed by atoms with Gasteiger partial charge in [-0.15, -0.1) is 0 Å². The Balaban J connectivity index is 2.24. The second-order valence-corrected chi connectivity index (χ2v) is 4.36. The van der Waals surface area contributed by atoms with Crippen molar-refractivity contribution in [1.82, 2.24) is 0 Å². The normalized spacial score (nSPS) is 10.1. The number of ether oxygens (including phenoxy) is 1. The van der Waals surface area contributed by atoms with Gasteiger partial charge >= 0.3 is 0 Å². The average molecular weight is 271 g/mol. The van der Waals surface area contributed by atoms with Gasteiger partial charge in [0.2, 0.25) is 0 Å². The molecule has 20 heavy (non-hydrogen) atoms. The highest BCUT2D eigenvalue weighted by Gasteiger charge is 2.14. The van der Waals surface area contributed by atoms with E-state index in [9.17, 15) is 9.90 Å². The molecule has 104 valence electrons. The minimum absolute atomic E-state index is 0.154. The molecule has 4 nitrogen and oxygen atoms in total. The molecule has 0 atom stereocenters. The molecule has 0 aliphatic rings. The quantitative estimate of drug-likeness (QED) is 0.897. The number of anilines is 1. The third-order valence-electron chi connectivity index (χ3n) is 3.06. The number of benzene rings is 2. The molecule has 1 amide bonds. The van der Waals surface area contributed by atoms with Gasteiger partial charge in [0.05, 0.1) is 12.7 Å². The minimum atomic E-state index is -0.366. The van der Waals surface area contributed by atoms with E-state index >= 15 is 0 Å². The molecule has 2 N–H and O–H groups in total. The number of aromatic hydroxyl groups is 1. The maximum absolute atomic E-state index is 12.2. The molecule has 2 aromatic carbocycles. The lowest BCUT2D eigenvalue weighted by Gasteiger charge is -2.10. The van der Waals surface area contributed by atoms with Crippen LogP contribution in [-0.2, 0) is 6.42 Å². The topological polar surface area (TPSA) is 58.6 Å². The Morgan fingerprint density at radius 3 is 2.70 bits per heavy atom. The summed E-state index contributed by atoms with van der Waals surface area (Å²) in [7, 11) is 1.45. The summed E-state index contributed by atoms with van der Waals surface area (Å²) in [6.45, 7) is 2.05. The largest absolute Gasteiger partial charge is 0.504 e. The van der Waals surface area contributed by atoms with Gasteiger partial charge in [-0.1, -0.05) is 25.1 Å². The van der Waals surface area contributed by atoms with E-state index < -0.39 is 0 Å². The highest BCUT2D eigenvalue weighted by molar-refractivity contribution is 6.06. The van der Waals surface area contributed by atoms with E-state index in [4.69, 9.17) is 4.74 Å². The Morgan fingerprint density at radius 2 is 2.00 bits per heavy atom. The Labute approximate surface area is 118 Å². The molecule has 0 spiro atoms. The summed E-state index contributed by atoms with van der Waals surface area (Å²) in [5.41, 5.74) is 2.03. The van der Waals surface area contributed by atoms with Crippen molar-refractivity contribution in [1.29, 1.82) is 0 Å². The summed E-state index contributed by atoms with van der Waals surface area (Å²) in [6.07, 6.45) is 0.897. The van der Waals surface area contributed by atoms with Crippen LogP contribution in [0.1, 0.15) is 22.8 Å². The molecule has 0 heterocycles. The van der Waals surface area contributed by atoms with Crippen LogP contribution in [0.25, 0.3) is 0 Å². The van der Waals surface area contributed by atoms with Crippen LogP contribution in [0.2, 0.25) is 0 Å². The van der Waals surface area contributed by atoms with Gasteiger partial charge in [-0.2, -0.15) is 0 Å². The van der Waals surface area contributed by atoms with Gasteiger partial charge in [0, 0.05) is 5.69 Å². The number of hydrogen-bond donors (Lipinski definition) is 2. The molecular formula is C16H17NO3. The van der Waals surface area contributed by atoms with Gasteiger partial charge in [0.1, 0.15) is 0 Å².